The smallest absolute Gasteiger partial charge is 0.373 e. The van der Waals surface area contributed by atoms with Crippen molar-refractivity contribution in [2.24, 2.45) is 0 Å². The molecule has 1 aromatic heterocycles. The van der Waals surface area contributed by atoms with Gasteiger partial charge in [-0.1, -0.05) is 0 Å². The molecule has 102 valence electrons. The molecule has 0 aromatic carbocycles. The van der Waals surface area contributed by atoms with Crippen LogP contribution < -0.4 is 0 Å². The third kappa shape index (κ3) is 2.49. The van der Waals surface area contributed by atoms with E-state index in [4.69, 9.17) is 4.42 Å². The molecule has 0 atom stereocenters. The predicted molar refractivity (Wildman–Crippen MR) is 65.2 cm³/mol. The van der Waals surface area contributed by atoms with Gasteiger partial charge in [-0.2, -0.15) is 0 Å². The van der Waals surface area contributed by atoms with E-state index in [1.165, 1.54) is 7.11 Å². The Labute approximate surface area is 110 Å². The SMILES string of the molecule is COC(=O)c1ccc(CN2CC(=O)N(C3CC3)C2)o1. The van der Waals surface area contributed by atoms with Gasteiger partial charge in [0.05, 0.1) is 26.9 Å². The van der Waals surface area contributed by atoms with Crippen molar-refractivity contribution in [2.45, 2.75) is 25.4 Å². The van der Waals surface area contributed by atoms with Gasteiger partial charge in [0, 0.05) is 6.04 Å². The Hall–Kier alpha value is -1.82. The van der Waals surface area contributed by atoms with Crippen LogP contribution in [0.2, 0.25) is 0 Å². The molecule has 0 N–H and O–H groups in total. The summed E-state index contributed by atoms with van der Waals surface area (Å²) in [4.78, 5) is 27.0. The van der Waals surface area contributed by atoms with Crippen LogP contribution in [0.1, 0.15) is 29.2 Å². The lowest BCUT2D eigenvalue weighted by Crippen LogP contribution is -2.29. The van der Waals surface area contributed by atoms with Gasteiger partial charge in [0.1, 0.15) is 5.76 Å². The number of carbonyl (C=O) groups excluding carboxylic acids is 2. The van der Waals surface area contributed by atoms with Crippen LogP contribution in [0.4, 0.5) is 0 Å². The first kappa shape index (κ1) is 12.2. The van der Waals surface area contributed by atoms with Crippen molar-refractivity contribution in [1.82, 2.24) is 9.80 Å². The summed E-state index contributed by atoms with van der Waals surface area (Å²) in [6.07, 6.45) is 2.24. The second-order valence-corrected chi connectivity index (χ2v) is 4.98. The molecule has 0 unspecified atom stereocenters. The van der Waals surface area contributed by atoms with Gasteiger partial charge in [0.25, 0.3) is 0 Å². The van der Waals surface area contributed by atoms with Gasteiger partial charge in [0.2, 0.25) is 11.7 Å². The van der Waals surface area contributed by atoms with E-state index < -0.39 is 5.97 Å². The maximum Gasteiger partial charge on any atom is 0.373 e. The molecule has 19 heavy (non-hydrogen) atoms. The summed E-state index contributed by atoms with van der Waals surface area (Å²) in [5, 5.41) is 0. The van der Waals surface area contributed by atoms with Crippen molar-refractivity contribution in [3.63, 3.8) is 0 Å². The highest BCUT2D eigenvalue weighted by Gasteiger charge is 2.38. The van der Waals surface area contributed by atoms with Crippen molar-refractivity contribution in [3.05, 3.63) is 23.7 Å². The highest BCUT2D eigenvalue weighted by molar-refractivity contribution is 5.86. The minimum Gasteiger partial charge on any atom is -0.463 e. The number of nitrogens with zero attached hydrogens (tertiary/aromatic N) is 2. The van der Waals surface area contributed by atoms with Crippen molar-refractivity contribution in [3.8, 4) is 0 Å². The number of esters is 1. The van der Waals surface area contributed by atoms with Gasteiger partial charge < -0.3 is 14.1 Å². The average molecular weight is 264 g/mol. The van der Waals surface area contributed by atoms with Crippen molar-refractivity contribution >= 4 is 11.9 Å². The maximum absolute atomic E-state index is 11.8. The number of carbonyl (C=O) groups is 2. The van der Waals surface area contributed by atoms with E-state index in [-0.39, 0.29) is 11.7 Å². The lowest BCUT2D eigenvalue weighted by molar-refractivity contribution is -0.127. The number of methoxy groups -OCH3 is 1. The van der Waals surface area contributed by atoms with Gasteiger partial charge in [0.15, 0.2) is 0 Å². The predicted octanol–water partition coefficient (Wildman–Crippen LogP) is 0.830. The molecule has 1 amide bonds. The first-order valence-electron chi connectivity index (χ1n) is 6.36. The molecule has 1 saturated carbocycles. The van der Waals surface area contributed by atoms with Crippen LogP contribution in [0.15, 0.2) is 16.5 Å². The Balaban J connectivity index is 1.61. The van der Waals surface area contributed by atoms with Crippen molar-refractivity contribution in [2.75, 3.05) is 20.3 Å². The third-order valence-electron chi connectivity index (χ3n) is 3.45. The molecule has 0 bridgehead atoms. The molecule has 6 heteroatoms. The van der Waals surface area contributed by atoms with E-state index in [1.807, 2.05) is 9.80 Å². The third-order valence-corrected chi connectivity index (χ3v) is 3.45. The molecule has 3 rings (SSSR count). The molecule has 6 nitrogen and oxygen atoms in total. The molecular weight excluding hydrogens is 248 g/mol. The molecular formula is C13H16N2O4. The van der Waals surface area contributed by atoms with E-state index in [0.29, 0.717) is 31.6 Å². The Morgan fingerprint density at radius 3 is 2.95 bits per heavy atom. The topological polar surface area (TPSA) is 63.0 Å². The number of furan rings is 1. The average Bonchev–Trinajstić information content (AvgIpc) is 3.03. The first-order chi connectivity index (χ1) is 9.17. The molecule has 2 fully saturated rings. The van der Waals surface area contributed by atoms with E-state index in [0.717, 1.165) is 12.8 Å². The van der Waals surface area contributed by atoms with Crippen LogP contribution in [0.3, 0.4) is 0 Å². The largest absolute Gasteiger partial charge is 0.463 e. The van der Waals surface area contributed by atoms with Crippen molar-refractivity contribution in [1.29, 1.82) is 0 Å². The fraction of sp³-hybridized carbons (Fsp3) is 0.538. The fourth-order valence-corrected chi connectivity index (χ4v) is 2.33. The van der Waals surface area contributed by atoms with Gasteiger partial charge >= 0.3 is 5.97 Å². The molecule has 1 aliphatic carbocycles. The van der Waals surface area contributed by atoms with Gasteiger partial charge in [-0.3, -0.25) is 9.69 Å². The number of amides is 1. The summed E-state index contributed by atoms with van der Waals surface area (Å²) >= 11 is 0. The zero-order valence-corrected chi connectivity index (χ0v) is 10.8. The van der Waals surface area contributed by atoms with Crippen LogP contribution in [-0.2, 0) is 16.1 Å². The molecule has 2 heterocycles. The van der Waals surface area contributed by atoms with E-state index in [1.54, 1.807) is 12.1 Å². The van der Waals surface area contributed by atoms with E-state index in [2.05, 4.69) is 4.74 Å². The first-order valence-corrected chi connectivity index (χ1v) is 6.36. The normalized spacial score (nSPS) is 20.1. The monoisotopic (exact) mass is 264 g/mol. The Bertz CT molecular complexity index is 506. The number of rotatable bonds is 4. The summed E-state index contributed by atoms with van der Waals surface area (Å²) in [5.41, 5.74) is 0. The highest BCUT2D eigenvalue weighted by atomic mass is 16.5. The van der Waals surface area contributed by atoms with Crippen LogP contribution in [0.25, 0.3) is 0 Å². The van der Waals surface area contributed by atoms with Gasteiger partial charge in [-0.15, -0.1) is 0 Å². The maximum atomic E-state index is 11.8. The summed E-state index contributed by atoms with van der Waals surface area (Å²) in [6, 6.07) is 3.79. The van der Waals surface area contributed by atoms with Crippen LogP contribution in [-0.4, -0.2) is 48.0 Å². The second kappa shape index (κ2) is 4.70. The zero-order chi connectivity index (χ0) is 13.4. The van der Waals surface area contributed by atoms with Gasteiger partial charge in [-0.25, -0.2) is 4.79 Å². The lowest BCUT2D eigenvalue weighted by atomic mass is 10.4. The minimum absolute atomic E-state index is 0.183. The number of hydrogen-bond donors (Lipinski definition) is 0. The van der Waals surface area contributed by atoms with Crippen molar-refractivity contribution < 1.29 is 18.7 Å². The minimum atomic E-state index is -0.483. The Kier molecular flexibility index (Phi) is 3.02. The Morgan fingerprint density at radius 2 is 2.26 bits per heavy atom. The summed E-state index contributed by atoms with van der Waals surface area (Å²) in [6.45, 7) is 1.61. The molecule has 0 spiro atoms. The number of ether oxygens (including phenoxy) is 1. The molecule has 1 saturated heterocycles. The summed E-state index contributed by atoms with van der Waals surface area (Å²) in [7, 11) is 1.32. The lowest BCUT2D eigenvalue weighted by Gasteiger charge is -2.16. The molecule has 1 aliphatic heterocycles. The molecule has 2 aliphatic rings. The van der Waals surface area contributed by atoms with E-state index in [9.17, 15) is 9.59 Å². The standard InChI is InChI=1S/C13H16N2O4/c1-18-13(17)11-5-4-10(19-11)6-14-7-12(16)15(8-14)9-2-3-9/h4-5,9H,2-3,6-8H2,1H3. The second-order valence-electron chi connectivity index (χ2n) is 4.98. The zero-order valence-electron chi connectivity index (χ0n) is 10.8. The van der Waals surface area contributed by atoms with Crippen LogP contribution in [0, 0.1) is 0 Å². The van der Waals surface area contributed by atoms with Crippen LogP contribution >= 0.6 is 0 Å². The fourth-order valence-electron chi connectivity index (χ4n) is 2.33. The molecule has 0 radical (unpaired) electrons. The summed E-state index contributed by atoms with van der Waals surface area (Å²) in [5.74, 6) is 0.568. The highest BCUT2D eigenvalue weighted by Crippen LogP contribution is 2.29. The molecule has 1 aromatic rings. The Morgan fingerprint density at radius 1 is 1.47 bits per heavy atom. The van der Waals surface area contributed by atoms with Crippen LogP contribution in [0.5, 0.6) is 0 Å². The quantitative estimate of drug-likeness (QED) is 0.754. The van der Waals surface area contributed by atoms with Gasteiger partial charge in [-0.05, 0) is 25.0 Å². The number of hydrogen-bond acceptors (Lipinski definition) is 5. The van der Waals surface area contributed by atoms with E-state index >= 15 is 0 Å². The summed E-state index contributed by atoms with van der Waals surface area (Å²) < 4.78 is 9.98.